The molecule has 1 fully saturated rings. The van der Waals surface area contributed by atoms with Gasteiger partial charge in [0.2, 0.25) is 0 Å². The van der Waals surface area contributed by atoms with Crippen LogP contribution in [0.5, 0.6) is 0 Å². The van der Waals surface area contributed by atoms with Crippen molar-refractivity contribution >= 4 is 17.2 Å². The number of nitrogens with zero attached hydrogens (tertiary/aromatic N) is 4. The van der Waals surface area contributed by atoms with E-state index in [2.05, 4.69) is 44.4 Å². The second-order valence-corrected chi connectivity index (χ2v) is 8.24. The zero-order valence-corrected chi connectivity index (χ0v) is 17.0. The molecule has 0 spiro atoms. The number of nitrogens with one attached hydrogen (secondary N) is 1. The molecule has 0 saturated carbocycles. The maximum atomic E-state index is 12.5. The maximum absolute atomic E-state index is 12.5. The molecule has 1 saturated heterocycles. The maximum Gasteiger partial charge on any atom is 0.271 e. The Morgan fingerprint density at radius 2 is 1.93 bits per heavy atom. The SMILES string of the molecule is O=C(NCC(O)CN1CCc2ccccc2C1)c1cn2cc(N3CCC3)ccc2n1. The summed E-state index contributed by atoms with van der Waals surface area (Å²) in [7, 11) is 0. The van der Waals surface area contributed by atoms with Gasteiger partial charge in [0, 0.05) is 51.7 Å². The van der Waals surface area contributed by atoms with Crippen LogP contribution in [0.4, 0.5) is 5.69 Å². The van der Waals surface area contributed by atoms with Gasteiger partial charge in [-0.3, -0.25) is 9.69 Å². The number of anilines is 1. The minimum Gasteiger partial charge on any atom is -0.390 e. The molecule has 7 heteroatoms. The highest BCUT2D eigenvalue weighted by Crippen LogP contribution is 2.21. The summed E-state index contributed by atoms with van der Waals surface area (Å²) >= 11 is 0. The fraction of sp³-hybridized carbons (Fsp3) is 0.391. The molecular weight excluding hydrogens is 378 g/mol. The van der Waals surface area contributed by atoms with Crippen molar-refractivity contribution in [3.63, 3.8) is 0 Å². The number of carbonyl (C=O) groups excluding carboxylic acids is 1. The third-order valence-electron chi connectivity index (χ3n) is 6.07. The average Bonchev–Trinajstić information content (AvgIpc) is 3.14. The Labute approximate surface area is 175 Å². The number of pyridine rings is 1. The van der Waals surface area contributed by atoms with Gasteiger partial charge in [-0.05, 0) is 36.1 Å². The van der Waals surface area contributed by atoms with Crippen LogP contribution in [0.2, 0.25) is 0 Å². The van der Waals surface area contributed by atoms with Crippen LogP contribution >= 0.6 is 0 Å². The van der Waals surface area contributed by atoms with Crippen LogP contribution < -0.4 is 10.2 Å². The lowest BCUT2D eigenvalue weighted by Gasteiger charge is -2.33. The number of aliphatic hydroxyl groups is 1. The van der Waals surface area contributed by atoms with Crippen molar-refractivity contribution in [3.8, 4) is 0 Å². The Kier molecular flexibility index (Phi) is 5.14. The highest BCUT2D eigenvalue weighted by molar-refractivity contribution is 5.92. The first-order chi connectivity index (χ1) is 14.7. The number of hydrogen-bond acceptors (Lipinski definition) is 5. The second-order valence-electron chi connectivity index (χ2n) is 8.24. The lowest BCUT2D eigenvalue weighted by Crippen LogP contribution is -2.42. The normalized spacial score (nSPS) is 17.4. The van der Waals surface area contributed by atoms with E-state index < -0.39 is 6.10 Å². The molecule has 156 valence electrons. The van der Waals surface area contributed by atoms with Gasteiger partial charge in [-0.15, -0.1) is 0 Å². The van der Waals surface area contributed by atoms with Gasteiger partial charge in [0.05, 0.1) is 11.8 Å². The summed E-state index contributed by atoms with van der Waals surface area (Å²) in [6.07, 6.45) is 5.37. The summed E-state index contributed by atoms with van der Waals surface area (Å²) in [5.74, 6) is -0.257. The summed E-state index contributed by atoms with van der Waals surface area (Å²) in [6, 6.07) is 12.4. The summed E-state index contributed by atoms with van der Waals surface area (Å²) in [5.41, 5.74) is 4.98. The highest BCUT2D eigenvalue weighted by Gasteiger charge is 2.20. The molecule has 0 bridgehead atoms. The van der Waals surface area contributed by atoms with Crippen LogP contribution in [0, 0.1) is 0 Å². The van der Waals surface area contributed by atoms with Crippen molar-refractivity contribution < 1.29 is 9.90 Å². The lowest BCUT2D eigenvalue weighted by molar-refractivity contribution is 0.0838. The van der Waals surface area contributed by atoms with E-state index in [9.17, 15) is 9.90 Å². The van der Waals surface area contributed by atoms with E-state index in [4.69, 9.17) is 0 Å². The molecule has 1 atom stereocenters. The average molecular weight is 406 g/mol. The van der Waals surface area contributed by atoms with Crippen LogP contribution in [0.15, 0.2) is 48.8 Å². The molecule has 7 nitrogen and oxygen atoms in total. The molecule has 3 aromatic rings. The predicted molar refractivity (Wildman–Crippen MR) is 116 cm³/mol. The van der Waals surface area contributed by atoms with Crippen LogP contribution in [-0.4, -0.2) is 64.1 Å². The van der Waals surface area contributed by atoms with Gasteiger partial charge in [0.25, 0.3) is 5.91 Å². The molecule has 5 rings (SSSR count). The minimum atomic E-state index is -0.616. The first-order valence-electron chi connectivity index (χ1n) is 10.6. The van der Waals surface area contributed by atoms with E-state index >= 15 is 0 Å². The Hall–Kier alpha value is -2.90. The number of amides is 1. The van der Waals surface area contributed by atoms with Gasteiger partial charge in [0.15, 0.2) is 0 Å². The molecule has 1 unspecified atom stereocenters. The van der Waals surface area contributed by atoms with Crippen molar-refractivity contribution in [1.29, 1.82) is 0 Å². The summed E-state index contributed by atoms with van der Waals surface area (Å²) in [4.78, 5) is 21.5. The molecule has 1 aromatic carbocycles. The van der Waals surface area contributed by atoms with Crippen LogP contribution in [0.25, 0.3) is 5.65 Å². The number of fused-ring (bicyclic) bond motifs is 2. The molecule has 1 amide bonds. The molecule has 2 aliphatic rings. The van der Waals surface area contributed by atoms with Crippen molar-refractivity contribution in [2.75, 3.05) is 37.6 Å². The molecule has 2 aromatic heterocycles. The highest BCUT2D eigenvalue weighted by atomic mass is 16.3. The second kappa shape index (κ2) is 8.08. The third kappa shape index (κ3) is 3.91. The fourth-order valence-corrected chi connectivity index (χ4v) is 4.22. The third-order valence-corrected chi connectivity index (χ3v) is 6.07. The van der Waals surface area contributed by atoms with E-state index in [0.717, 1.165) is 43.9 Å². The van der Waals surface area contributed by atoms with Crippen molar-refractivity contribution in [3.05, 3.63) is 65.6 Å². The number of β-amino-alcohol motifs (C(OH)–C–C–N with tert-alkyl or cyclic N) is 1. The van der Waals surface area contributed by atoms with Gasteiger partial charge < -0.3 is 19.7 Å². The molecule has 30 heavy (non-hydrogen) atoms. The van der Waals surface area contributed by atoms with E-state index in [1.165, 1.54) is 17.5 Å². The Balaban J connectivity index is 1.16. The molecular formula is C23H27N5O2. The number of aromatic nitrogens is 2. The zero-order chi connectivity index (χ0) is 20.5. The standard InChI is InChI=1S/C23H27N5O2/c29-20(15-26-11-8-17-4-1-2-5-18(17)13-26)12-24-23(30)21-16-28-14-19(27-9-3-10-27)6-7-22(28)25-21/h1-2,4-7,14,16,20,29H,3,8-13,15H2,(H,24,30). The first kappa shape index (κ1) is 19.1. The van der Waals surface area contributed by atoms with Crippen molar-refractivity contribution in [2.24, 2.45) is 0 Å². The number of imidazole rings is 1. The quantitative estimate of drug-likeness (QED) is 0.653. The van der Waals surface area contributed by atoms with Crippen LogP contribution in [0.1, 0.15) is 28.0 Å². The predicted octanol–water partition coefficient (Wildman–Crippen LogP) is 1.69. The Bertz CT molecular complexity index is 1060. The van der Waals surface area contributed by atoms with Gasteiger partial charge in [0.1, 0.15) is 11.3 Å². The van der Waals surface area contributed by atoms with E-state index in [0.29, 0.717) is 12.2 Å². The number of hydrogen-bond donors (Lipinski definition) is 2. The molecule has 0 radical (unpaired) electrons. The topological polar surface area (TPSA) is 73.1 Å². The zero-order valence-electron chi connectivity index (χ0n) is 17.0. The smallest absolute Gasteiger partial charge is 0.271 e. The van der Waals surface area contributed by atoms with Crippen molar-refractivity contribution in [1.82, 2.24) is 19.6 Å². The Morgan fingerprint density at radius 1 is 1.10 bits per heavy atom. The van der Waals surface area contributed by atoms with Crippen LogP contribution in [0.3, 0.4) is 0 Å². The number of rotatable bonds is 6. The van der Waals surface area contributed by atoms with Gasteiger partial charge >= 0.3 is 0 Å². The van der Waals surface area contributed by atoms with Crippen molar-refractivity contribution in [2.45, 2.75) is 25.5 Å². The number of benzene rings is 1. The van der Waals surface area contributed by atoms with E-state index in [-0.39, 0.29) is 12.5 Å². The van der Waals surface area contributed by atoms with Gasteiger partial charge in [-0.2, -0.15) is 0 Å². The molecule has 2 N–H and O–H groups in total. The summed E-state index contributed by atoms with van der Waals surface area (Å²) < 4.78 is 1.89. The molecule has 4 heterocycles. The van der Waals surface area contributed by atoms with Crippen LogP contribution in [-0.2, 0) is 13.0 Å². The summed E-state index contributed by atoms with van der Waals surface area (Å²) in [6.45, 7) is 4.67. The minimum absolute atomic E-state index is 0.212. The molecule has 0 aliphatic carbocycles. The largest absolute Gasteiger partial charge is 0.390 e. The molecule has 2 aliphatic heterocycles. The summed E-state index contributed by atoms with van der Waals surface area (Å²) in [5, 5.41) is 13.3. The first-order valence-corrected chi connectivity index (χ1v) is 10.6. The monoisotopic (exact) mass is 405 g/mol. The van der Waals surface area contributed by atoms with Gasteiger partial charge in [-0.25, -0.2) is 4.98 Å². The lowest BCUT2D eigenvalue weighted by atomic mass is 10.00. The Morgan fingerprint density at radius 3 is 2.73 bits per heavy atom. The number of carbonyl (C=O) groups is 1. The number of aliphatic hydroxyl groups excluding tert-OH is 1. The fourth-order valence-electron chi connectivity index (χ4n) is 4.22. The van der Waals surface area contributed by atoms with E-state index in [1.807, 2.05) is 22.7 Å². The van der Waals surface area contributed by atoms with Gasteiger partial charge in [-0.1, -0.05) is 24.3 Å². The van der Waals surface area contributed by atoms with E-state index in [1.54, 1.807) is 6.20 Å².